The number of hydrogen-bond donors (Lipinski definition) is 1. The van der Waals surface area contributed by atoms with Crippen LogP contribution in [0.2, 0.25) is 0 Å². The van der Waals surface area contributed by atoms with Crippen LogP contribution in [0.5, 0.6) is 0 Å². The Hall–Kier alpha value is -2.05. The fourth-order valence-electron chi connectivity index (χ4n) is 1.97. The van der Waals surface area contributed by atoms with Crippen molar-refractivity contribution in [3.8, 4) is 0 Å². The molecule has 0 spiro atoms. The number of amides is 3. The first-order chi connectivity index (χ1) is 9.86. The molecule has 0 fully saturated rings. The Bertz CT molecular complexity index is 483. The zero-order valence-corrected chi connectivity index (χ0v) is 13.5. The van der Waals surface area contributed by atoms with Gasteiger partial charge in [-0.1, -0.05) is 6.92 Å². The Balaban J connectivity index is 2.69. The Morgan fingerprint density at radius 2 is 2.10 bits per heavy atom. The van der Waals surface area contributed by atoms with E-state index in [1.54, 1.807) is 32.1 Å². The lowest BCUT2D eigenvalue weighted by atomic mass is 10.3. The van der Waals surface area contributed by atoms with Crippen molar-refractivity contribution < 1.29 is 9.59 Å². The van der Waals surface area contributed by atoms with Crippen LogP contribution in [0, 0.1) is 0 Å². The highest BCUT2D eigenvalue weighted by atomic mass is 16.2. The molecule has 7 nitrogen and oxygen atoms in total. The van der Waals surface area contributed by atoms with Gasteiger partial charge < -0.3 is 19.7 Å². The largest absolute Gasteiger partial charge is 0.347 e. The van der Waals surface area contributed by atoms with Gasteiger partial charge in [0.1, 0.15) is 11.9 Å². The van der Waals surface area contributed by atoms with E-state index >= 15 is 0 Å². The molecule has 0 saturated heterocycles. The number of aromatic nitrogens is 2. The third-order valence-electron chi connectivity index (χ3n) is 3.19. The second-order valence-corrected chi connectivity index (χ2v) is 5.28. The normalized spacial score (nSPS) is 11.9. The summed E-state index contributed by atoms with van der Waals surface area (Å²) in [4.78, 5) is 31.5. The number of likely N-dealkylation sites (N-methyl/N-ethyl adjacent to an activating group) is 1. The molecule has 1 atom stereocenters. The van der Waals surface area contributed by atoms with Crippen LogP contribution in [0.15, 0.2) is 12.4 Å². The summed E-state index contributed by atoms with van der Waals surface area (Å²) >= 11 is 0. The van der Waals surface area contributed by atoms with Crippen molar-refractivity contribution in [2.75, 3.05) is 20.6 Å². The van der Waals surface area contributed by atoms with E-state index in [0.29, 0.717) is 13.1 Å². The van der Waals surface area contributed by atoms with E-state index in [0.717, 1.165) is 12.2 Å². The van der Waals surface area contributed by atoms with E-state index in [-0.39, 0.29) is 11.9 Å². The summed E-state index contributed by atoms with van der Waals surface area (Å²) in [5.74, 6) is 0.682. The molecule has 1 rings (SSSR count). The quantitative estimate of drug-likeness (QED) is 0.844. The zero-order valence-electron chi connectivity index (χ0n) is 13.5. The van der Waals surface area contributed by atoms with Crippen molar-refractivity contribution in [2.24, 2.45) is 7.05 Å². The second-order valence-electron chi connectivity index (χ2n) is 5.28. The molecule has 1 unspecified atom stereocenters. The summed E-state index contributed by atoms with van der Waals surface area (Å²) in [6.45, 7) is 4.73. The molecule has 1 aromatic heterocycles. The van der Waals surface area contributed by atoms with Crippen LogP contribution < -0.4 is 5.32 Å². The molecule has 0 aliphatic heterocycles. The van der Waals surface area contributed by atoms with E-state index in [2.05, 4.69) is 10.3 Å². The van der Waals surface area contributed by atoms with Gasteiger partial charge in [-0.15, -0.1) is 0 Å². The molecule has 21 heavy (non-hydrogen) atoms. The summed E-state index contributed by atoms with van der Waals surface area (Å²) in [5.41, 5.74) is 0. The lowest BCUT2D eigenvalue weighted by Gasteiger charge is -2.25. The van der Waals surface area contributed by atoms with Gasteiger partial charge in [0.15, 0.2) is 0 Å². The van der Waals surface area contributed by atoms with Crippen LogP contribution in [0.25, 0.3) is 0 Å². The van der Waals surface area contributed by atoms with Crippen molar-refractivity contribution in [1.29, 1.82) is 0 Å². The van der Waals surface area contributed by atoms with Crippen LogP contribution in [0.3, 0.4) is 0 Å². The average Bonchev–Trinajstić information content (AvgIpc) is 2.82. The number of nitrogens with one attached hydrogen (secondary N) is 1. The fourth-order valence-corrected chi connectivity index (χ4v) is 1.97. The average molecular weight is 295 g/mol. The van der Waals surface area contributed by atoms with Crippen molar-refractivity contribution in [2.45, 2.75) is 32.9 Å². The maximum absolute atomic E-state index is 12.3. The van der Waals surface area contributed by atoms with Crippen LogP contribution in [0.4, 0.5) is 4.79 Å². The van der Waals surface area contributed by atoms with E-state index in [4.69, 9.17) is 0 Å². The molecule has 0 aliphatic rings. The first-order valence-corrected chi connectivity index (χ1v) is 7.09. The van der Waals surface area contributed by atoms with Gasteiger partial charge in [-0.05, 0) is 13.3 Å². The Morgan fingerprint density at radius 3 is 2.57 bits per heavy atom. The Kier molecular flexibility index (Phi) is 6.20. The van der Waals surface area contributed by atoms with Gasteiger partial charge >= 0.3 is 6.03 Å². The van der Waals surface area contributed by atoms with E-state index < -0.39 is 6.04 Å². The molecule has 1 heterocycles. The zero-order chi connectivity index (χ0) is 16.0. The van der Waals surface area contributed by atoms with Gasteiger partial charge in [0.05, 0.1) is 6.54 Å². The molecular formula is C14H25N5O2. The fraction of sp³-hybridized carbons (Fsp3) is 0.643. The number of hydrogen-bond acceptors (Lipinski definition) is 3. The molecule has 118 valence electrons. The molecule has 0 saturated carbocycles. The van der Waals surface area contributed by atoms with Gasteiger partial charge in [0.25, 0.3) is 0 Å². The third-order valence-corrected chi connectivity index (χ3v) is 3.19. The van der Waals surface area contributed by atoms with Crippen LogP contribution >= 0.6 is 0 Å². The highest BCUT2D eigenvalue weighted by molar-refractivity contribution is 5.86. The first kappa shape index (κ1) is 17.0. The monoisotopic (exact) mass is 295 g/mol. The standard InChI is InChI=1S/C14H25N5O2/c1-6-8-19(10-12-15-7-9-18(12)5)14(21)16-11(2)13(20)17(3)4/h7,9,11H,6,8,10H2,1-5H3,(H,16,21). The van der Waals surface area contributed by atoms with Gasteiger partial charge in [-0.2, -0.15) is 0 Å². The molecule has 0 aromatic carbocycles. The third kappa shape index (κ3) is 4.77. The van der Waals surface area contributed by atoms with Gasteiger partial charge in [0.2, 0.25) is 5.91 Å². The molecule has 0 radical (unpaired) electrons. The van der Waals surface area contributed by atoms with Crippen molar-refractivity contribution >= 4 is 11.9 Å². The highest BCUT2D eigenvalue weighted by Gasteiger charge is 2.21. The van der Waals surface area contributed by atoms with Gasteiger partial charge in [0, 0.05) is 40.1 Å². The minimum Gasteiger partial charge on any atom is -0.347 e. The van der Waals surface area contributed by atoms with Crippen LogP contribution in [-0.2, 0) is 18.4 Å². The van der Waals surface area contributed by atoms with Gasteiger partial charge in [-0.25, -0.2) is 9.78 Å². The maximum atomic E-state index is 12.3. The number of rotatable bonds is 6. The van der Waals surface area contributed by atoms with Crippen LogP contribution in [0.1, 0.15) is 26.1 Å². The van der Waals surface area contributed by atoms with Crippen molar-refractivity contribution in [3.63, 3.8) is 0 Å². The van der Waals surface area contributed by atoms with E-state index in [9.17, 15) is 9.59 Å². The predicted octanol–water partition coefficient (Wildman–Crippen LogP) is 0.818. The number of aryl methyl sites for hydroxylation is 1. The topological polar surface area (TPSA) is 70.5 Å². The molecular weight excluding hydrogens is 270 g/mol. The minimum atomic E-state index is -0.548. The van der Waals surface area contributed by atoms with Gasteiger partial charge in [-0.3, -0.25) is 4.79 Å². The summed E-state index contributed by atoms with van der Waals surface area (Å²) in [6.07, 6.45) is 4.39. The summed E-state index contributed by atoms with van der Waals surface area (Å²) in [5, 5.41) is 2.74. The molecule has 1 aromatic rings. The molecule has 7 heteroatoms. The summed E-state index contributed by atoms with van der Waals surface area (Å²) in [6, 6.07) is -0.796. The maximum Gasteiger partial charge on any atom is 0.318 e. The second kappa shape index (κ2) is 7.66. The summed E-state index contributed by atoms with van der Waals surface area (Å²) < 4.78 is 1.88. The summed E-state index contributed by atoms with van der Waals surface area (Å²) in [7, 11) is 5.23. The van der Waals surface area contributed by atoms with Crippen molar-refractivity contribution in [1.82, 2.24) is 24.7 Å². The van der Waals surface area contributed by atoms with E-state index in [1.165, 1.54) is 4.90 Å². The lowest BCUT2D eigenvalue weighted by Crippen LogP contribution is -2.49. The number of carbonyl (C=O) groups is 2. The highest BCUT2D eigenvalue weighted by Crippen LogP contribution is 2.04. The number of urea groups is 1. The number of imidazole rings is 1. The minimum absolute atomic E-state index is 0.128. The Labute approximate surface area is 125 Å². The number of nitrogens with zero attached hydrogens (tertiary/aromatic N) is 4. The molecule has 3 amide bonds. The van der Waals surface area contributed by atoms with Crippen molar-refractivity contribution in [3.05, 3.63) is 18.2 Å². The predicted molar refractivity (Wildman–Crippen MR) is 80.6 cm³/mol. The first-order valence-electron chi connectivity index (χ1n) is 7.09. The van der Waals surface area contributed by atoms with Crippen LogP contribution in [-0.4, -0.2) is 58.0 Å². The SMILES string of the molecule is CCCN(Cc1nccn1C)C(=O)NC(C)C(=O)N(C)C. The Morgan fingerprint density at radius 1 is 1.43 bits per heavy atom. The smallest absolute Gasteiger partial charge is 0.318 e. The van der Waals surface area contributed by atoms with E-state index in [1.807, 2.05) is 24.7 Å². The lowest BCUT2D eigenvalue weighted by molar-refractivity contribution is -0.130. The molecule has 0 aliphatic carbocycles. The molecule has 0 bridgehead atoms. The molecule has 1 N–H and O–H groups in total. The number of carbonyl (C=O) groups excluding carboxylic acids is 2.